The molecule has 1 aliphatic carbocycles. The molecule has 1 aliphatic rings. The minimum Gasteiger partial charge on any atom is -0.244 e. The standard InChI is InChI=1S/C16H14N2O2S/c1-11-2-4-12(5-3-11)14-8-9-18-15(10-17)16(14)21(19,20)13-6-7-13/h2-5,8-9,13H,6-7H2,1H3. The Balaban J connectivity index is 2.26. The lowest BCUT2D eigenvalue weighted by molar-refractivity contribution is 0.594. The fourth-order valence-electron chi connectivity index (χ4n) is 2.32. The second-order valence-corrected chi connectivity index (χ2v) is 7.42. The van der Waals surface area contributed by atoms with Crippen LogP contribution in [0.5, 0.6) is 0 Å². The van der Waals surface area contributed by atoms with Crippen molar-refractivity contribution in [1.29, 1.82) is 5.26 Å². The number of rotatable bonds is 3. The molecule has 1 fully saturated rings. The number of aryl methyl sites for hydroxylation is 1. The summed E-state index contributed by atoms with van der Waals surface area (Å²) in [5, 5.41) is 8.86. The van der Waals surface area contributed by atoms with Gasteiger partial charge in [-0.1, -0.05) is 29.8 Å². The van der Waals surface area contributed by atoms with E-state index < -0.39 is 9.84 Å². The molecule has 1 saturated carbocycles. The molecule has 0 spiro atoms. The predicted octanol–water partition coefficient (Wildman–Crippen LogP) is 2.86. The Hall–Kier alpha value is -2.19. The van der Waals surface area contributed by atoms with Gasteiger partial charge in [0.25, 0.3) is 0 Å². The topological polar surface area (TPSA) is 70.8 Å². The van der Waals surface area contributed by atoms with Crippen LogP contribution in [0.3, 0.4) is 0 Å². The van der Waals surface area contributed by atoms with E-state index in [4.69, 9.17) is 0 Å². The van der Waals surface area contributed by atoms with Gasteiger partial charge in [0, 0.05) is 11.8 Å². The van der Waals surface area contributed by atoms with Gasteiger partial charge in [0.1, 0.15) is 11.0 Å². The maximum atomic E-state index is 12.6. The second-order valence-electron chi connectivity index (χ2n) is 5.26. The summed E-state index contributed by atoms with van der Waals surface area (Å²) in [5.74, 6) is 0. The monoisotopic (exact) mass is 298 g/mol. The normalized spacial score (nSPS) is 14.7. The third-order valence-corrected chi connectivity index (χ3v) is 5.95. The van der Waals surface area contributed by atoms with Crippen LogP contribution in [-0.2, 0) is 9.84 Å². The second kappa shape index (κ2) is 4.97. The third-order valence-electron chi connectivity index (χ3n) is 3.62. The minimum absolute atomic E-state index is 0.0139. The SMILES string of the molecule is Cc1ccc(-c2ccnc(C#N)c2S(=O)(=O)C2CC2)cc1. The summed E-state index contributed by atoms with van der Waals surface area (Å²) in [6.45, 7) is 1.97. The molecule has 1 aromatic carbocycles. The third kappa shape index (κ3) is 2.43. The summed E-state index contributed by atoms with van der Waals surface area (Å²) in [6, 6.07) is 11.2. The van der Waals surface area contributed by atoms with Gasteiger partial charge in [0.15, 0.2) is 15.5 Å². The van der Waals surface area contributed by atoms with Crippen molar-refractivity contribution in [1.82, 2.24) is 4.98 Å². The molecule has 2 aromatic rings. The van der Waals surface area contributed by atoms with Crippen molar-refractivity contribution >= 4 is 9.84 Å². The van der Waals surface area contributed by atoms with Gasteiger partial charge in [0.05, 0.1) is 5.25 Å². The summed E-state index contributed by atoms with van der Waals surface area (Å²) in [6.07, 6.45) is 2.81. The first-order valence-electron chi connectivity index (χ1n) is 6.74. The smallest absolute Gasteiger partial charge is 0.184 e. The maximum Gasteiger partial charge on any atom is 0.184 e. The van der Waals surface area contributed by atoms with Gasteiger partial charge in [-0.2, -0.15) is 5.26 Å². The number of nitriles is 1. The highest BCUT2D eigenvalue weighted by Gasteiger charge is 2.40. The molecule has 1 heterocycles. The van der Waals surface area contributed by atoms with Crippen molar-refractivity contribution in [3.63, 3.8) is 0 Å². The molecule has 1 aromatic heterocycles. The molecule has 106 valence electrons. The Bertz CT molecular complexity index is 830. The molecular weight excluding hydrogens is 284 g/mol. The molecule has 21 heavy (non-hydrogen) atoms. The molecule has 0 N–H and O–H groups in total. The molecule has 0 amide bonds. The number of hydrogen-bond acceptors (Lipinski definition) is 4. The van der Waals surface area contributed by atoms with Crippen LogP contribution >= 0.6 is 0 Å². The molecule has 0 unspecified atom stereocenters. The molecular formula is C16H14N2O2S. The van der Waals surface area contributed by atoms with Crippen LogP contribution in [0.4, 0.5) is 0 Å². The molecule has 0 aliphatic heterocycles. The van der Waals surface area contributed by atoms with E-state index in [-0.39, 0.29) is 15.8 Å². The van der Waals surface area contributed by atoms with Crippen molar-refractivity contribution < 1.29 is 8.42 Å². The van der Waals surface area contributed by atoms with Crippen molar-refractivity contribution in [3.05, 3.63) is 47.8 Å². The van der Waals surface area contributed by atoms with E-state index in [0.717, 1.165) is 11.1 Å². The number of hydrogen-bond donors (Lipinski definition) is 0. The number of pyridine rings is 1. The first-order chi connectivity index (χ1) is 10.0. The Morgan fingerprint density at radius 1 is 1.19 bits per heavy atom. The van der Waals surface area contributed by atoms with Crippen molar-refractivity contribution in [2.24, 2.45) is 0 Å². The zero-order valence-electron chi connectivity index (χ0n) is 11.6. The summed E-state index contributed by atoms with van der Waals surface area (Å²) >= 11 is 0. The van der Waals surface area contributed by atoms with Gasteiger partial charge in [-0.05, 0) is 31.4 Å². The maximum absolute atomic E-state index is 12.6. The summed E-state index contributed by atoms with van der Waals surface area (Å²) in [7, 11) is -3.48. The fraction of sp³-hybridized carbons (Fsp3) is 0.250. The van der Waals surface area contributed by atoms with E-state index in [2.05, 4.69) is 4.98 Å². The average Bonchev–Trinajstić information content (AvgIpc) is 3.32. The van der Waals surface area contributed by atoms with Gasteiger partial charge in [0.2, 0.25) is 0 Å². The average molecular weight is 298 g/mol. The minimum atomic E-state index is -3.48. The molecule has 0 saturated heterocycles. The van der Waals surface area contributed by atoms with Crippen LogP contribution in [0.25, 0.3) is 11.1 Å². The molecule has 5 heteroatoms. The lowest BCUT2D eigenvalue weighted by atomic mass is 10.0. The Kier molecular flexibility index (Phi) is 3.26. The fourth-order valence-corrected chi connectivity index (χ4v) is 4.27. The van der Waals surface area contributed by atoms with Crippen LogP contribution in [0.2, 0.25) is 0 Å². The van der Waals surface area contributed by atoms with E-state index in [1.807, 2.05) is 37.3 Å². The van der Waals surface area contributed by atoms with E-state index in [0.29, 0.717) is 18.4 Å². The number of sulfone groups is 1. The first-order valence-corrected chi connectivity index (χ1v) is 8.28. The van der Waals surface area contributed by atoms with Gasteiger partial charge < -0.3 is 0 Å². The van der Waals surface area contributed by atoms with E-state index >= 15 is 0 Å². The zero-order chi connectivity index (χ0) is 15.0. The summed E-state index contributed by atoms with van der Waals surface area (Å²) in [5.41, 5.74) is 2.44. The lowest BCUT2D eigenvalue weighted by Crippen LogP contribution is -2.12. The predicted molar refractivity (Wildman–Crippen MR) is 79.3 cm³/mol. The van der Waals surface area contributed by atoms with Crippen LogP contribution in [-0.4, -0.2) is 18.7 Å². The molecule has 3 rings (SSSR count). The van der Waals surface area contributed by atoms with E-state index in [9.17, 15) is 13.7 Å². The molecule has 0 atom stereocenters. The highest BCUT2D eigenvalue weighted by molar-refractivity contribution is 7.92. The summed E-state index contributed by atoms with van der Waals surface area (Å²) < 4.78 is 25.3. The first kappa shape index (κ1) is 13.8. The highest BCUT2D eigenvalue weighted by Crippen LogP contribution is 2.39. The van der Waals surface area contributed by atoms with Crippen LogP contribution in [0, 0.1) is 18.3 Å². The zero-order valence-corrected chi connectivity index (χ0v) is 12.4. The molecule has 0 radical (unpaired) electrons. The van der Waals surface area contributed by atoms with Crippen molar-refractivity contribution in [2.45, 2.75) is 29.9 Å². The van der Waals surface area contributed by atoms with Gasteiger partial charge in [-0.15, -0.1) is 0 Å². The van der Waals surface area contributed by atoms with Crippen LogP contribution < -0.4 is 0 Å². The Labute approximate surface area is 124 Å². The van der Waals surface area contributed by atoms with E-state index in [1.54, 1.807) is 6.07 Å². The van der Waals surface area contributed by atoms with Crippen molar-refractivity contribution in [3.8, 4) is 17.2 Å². The van der Waals surface area contributed by atoms with Crippen LogP contribution in [0.15, 0.2) is 41.4 Å². The highest BCUT2D eigenvalue weighted by atomic mass is 32.2. The van der Waals surface area contributed by atoms with Crippen LogP contribution in [0.1, 0.15) is 24.1 Å². The van der Waals surface area contributed by atoms with Gasteiger partial charge in [-0.3, -0.25) is 0 Å². The number of nitrogens with zero attached hydrogens (tertiary/aromatic N) is 2. The number of aromatic nitrogens is 1. The van der Waals surface area contributed by atoms with Crippen molar-refractivity contribution in [2.75, 3.05) is 0 Å². The largest absolute Gasteiger partial charge is 0.244 e. The number of benzene rings is 1. The quantitative estimate of drug-likeness (QED) is 0.873. The lowest BCUT2D eigenvalue weighted by Gasteiger charge is -2.11. The molecule has 0 bridgehead atoms. The molecule has 4 nitrogen and oxygen atoms in total. The van der Waals surface area contributed by atoms with Gasteiger partial charge in [-0.25, -0.2) is 13.4 Å². The summed E-state index contributed by atoms with van der Waals surface area (Å²) in [4.78, 5) is 4.02. The Morgan fingerprint density at radius 2 is 1.86 bits per heavy atom. The van der Waals surface area contributed by atoms with Gasteiger partial charge >= 0.3 is 0 Å². The van der Waals surface area contributed by atoms with E-state index in [1.165, 1.54) is 6.20 Å². The Morgan fingerprint density at radius 3 is 2.43 bits per heavy atom.